The van der Waals surface area contributed by atoms with Crippen molar-refractivity contribution >= 4 is 29.0 Å². The molecule has 0 aliphatic carbocycles. The molecule has 1 atom stereocenters. The number of pyridine rings is 2. The molecule has 5 N–H and O–H groups in total. The number of halogens is 1. The summed E-state index contributed by atoms with van der Waals surface area (Å²) in [5.41, 5.74) is 2.41. The molecular formula is C21H26ClN5O3. The van der Waals surface area contributed by atoms with Crippen LogP contribution in [0.2, 0.25) is 5.02 Å². The van der Waals surface area contributed by atoms with E-state index in [0.717, 1.165) is 29.9 Å². The Morgan fingerprint density at radius 3 is 2.80 bits per heavy atom. The first-order chi connectivity index (χ1) is 13.9. The predicted molar refractivity (Wildman–Crippen MR) is 119 cm³/mol. The number of aromatic nitrogens is 2. The molecule has 30 heavy (non-hydrogen) atoms. The van der Waals surface area contributed by atoms with Gasteiger partial charge in [0.15, 0.2) is 5.78 Å². The third kappa shape index (κ3) is 6.01. The Labute approximate surface area is 179 Å². The van der Waals surface area contributed by atoms with E-state index >= 15 is 0 Å². The lowest BCUT2D eigenvalue weighted by Gasteiger charge is -2.20. The molecule has 2 aromatic heterocycles. The lowest BCUT2D eigenvalue weighted by molar-refractivity contribution is -0.114. The number of aryl methyl sites for hydroxylation is 1. The second-order valence-corrected chi connectivity index (χ2v) is 7.42. The molecule has 0 saturated heterocycles. The quantitative estimate of drug-likeness (QED) is 0.579. The molecule has 0 amide bonds. The number of ketones is 1. The van der Waals surface area contributed by atoms with Gasteiger partial charge in [-0.1, -0.05) is 24.6 Å². The maximum Gasteiger partial charge on any atom is 0.247 e. The fourth-order valence-corrected chi connectivity index (χ4v) is 3.32. The normalized spacial score (nSPS) is 15.8. The summed E-state index contributed by atoms with van der Waals surface area (Å²) in [5.74, 6) is 1.43. The topological polar surface area (TPSA) is 131 Å². The van der Waals surface area contributed by atoms with Crippen LogP contribution in [0.4, 0.5) is 5.82 Å². The van der Waals surface area contributed by atoms with Crippen LogP contribution in [0, 0.1) is 6.92 Å². The Kier molecular flexibility index (Phi) is 8.32. The second-order valence-electron chi connectivity index (χ2n) is 6.98. The third-order valence-electron chi connectivity index (χ3n) is 4.79. The van der Waals surface area contributed by atoms with Crippen molar-refractivity contribution in [3.8, 4) is 0 Å². The zero-order chi connectivity index (χ0) is 20.8. The number of hydrogen-bond donors (Lipinski definition) is 3. The van der Waals surface area contributed by atoms with E-state index in [0.29, 0.717) is 23.0 Å². The number of allylic oxidation sites excluding steroid dienone is 1. The van der Waals surface area contributed by atoms with Gasteiger partial charge in [0.25, 0.3) is 0 Å². The number of carbonyl (C=O) groups is 1. The molecule has 0 spiro atoms. The van der Waals surface area contributed by atoms with Crippen molar-refractivity contribution in [1.82, 2.24) is 15.3 Å². The maximum absolute atomic E-state index is 12.5. The Hall–Kier alpha value is -2.97. The molecule has 8 nitrogen and oxygen atoms in total. The monoisotopic (exact) mass is 431 g/mol. The van der Waals surface area contributed by atoms with Gasteiger partial charge in [0.2, 0.25) is 5.56 Å². The van der Waals surface area contributed by atoms with Gasteiger partial charge >= 0.3 is 0 Å². The highest BCUT2D eigenvalue weighted by atomic mass is 35.5. The Balaban J connectivity index is 0.00000320. The molecule has 0 bridgehead atoms. The van der Waals surface area contributed by atoms with E-state index in [1.165, 1.54) is 6.07 Å². The van der Waals surface area contributed by atoms with Crippen LogP contribution in [0.3, 0.4) is 0 Å². The largest absolute Gasteiger partial charge is 0.412 e. The zero-order valence-electron chi connectivity index (χ0n) is 17.0. The SMILES string of the molecule is Cc1cc(Cl)cnc1NCCCN=C1CC(=O)C(C(C)c2ccc(=O)[nH]c2)=CN1.O. The van der Waals surface area contributed by atoms with E-state index in [9.17, 15) is 9.59 Å². The number of carbonyl (C=O) groups excluding carboxylic acids is 1. The molecule has 1 unspecified atom stereocenters. The minimum atomic E-state index is -0.158. The standard InChI is InChI=1S/C21H24ClN5O2.H2O/c1-13-8-16(22)11-27-21(13)24-7-3-6-23-19-9-18(28)17(12-25-19)14(2)15-4-5-20(29)26-10-15;/h4-5,8,10-12,14H,3,6-7,9H2,1-2H3,(H,23,25)(H,24,27)(H,26,29);1H2. The van der Waals surface area contributed by atoms with Crippen LogP contribution in [0.25, 0.3) is 0 Å². The fraction of sp³-hybridized carbons (Fsp3) is 0.333. The Bertz CT molecular complexity index is 995. The number of aliphatic imine (C=N–C) groups is 1. The molecule has 1 aliphatic rings. The molecule has 0 fully saturated rings. The molecule has 3 heterocycles. The van der Waals surface area contributed by atoms with Gasteiger partial charge < -0.3 is 21.1 Å². The number of Topliss-reactive ketones (excluding diaryl/α,β-unsaturated/α-hetero) is 1. The van der Waals surface area contributed by atoms with Crippen LogP contribution >= 0.6 is 11.6 Å². The van der Waals surface area contributed by atoms with Crippen molar-refractivity contribution in [3.05, 3.63) is 68.9 Å². The first kappa shape index (κ1) is 23.3. The maximum atomic E-state index is 12.5. The molecule has 160 valence electrons. The van der Waals surface area contributed by atoms with Gasteiger partial charge in [-0.3, -0.25) is 14.6 Å². The summed E-state index contributed by atoms with van der Waals surface area (Å²) in [5, 5.41) is 7.02. The van der Waals surface area contributed by atoms with Crippen molar-refractivity contribution in [2.24, 2.45) is 4.99 Å². The molecule has 0 radical (unpaired) electrons. The molecule has 1 aliphatic heterocycles. The lowest BCUT2D eigenvalue weighted by Crippen LogP contribution is -2.30. The minimum absolute atomic E-state index is 0. The summed E-state index contributed by atoms with van der Waals surface area (Å²) in [6.07, 6.45) is 6.06. The number of nitrogens with zero attached hydrogens (tertiary/aromatic N) is 2. The average molecular weight is 432 g/mol. The van der Waals surface area contributed by atoms with Gasteiger partial charge in [0, 0.05) is 49.2 Å². The van der Waals surface area contributed by atoms with E-state index in [1.54, 1.807) is 24.7 Å². The van der Waals surface area contributed by atoms with E-state index in [-0.39, 0.29) is 29.2 Å². The number of aromatic amines is 1. The highest BCUT2D eigenvalue weighted by molar-refractivity contribution is 6.30. The van der Waals surface area contributed by atoms with Crippen LogP contribution in [0.5, 0.6) is 0 Å². The van der Waals surface area contributed by atoms with E-state index in [4.69, 9.17) is 11.6 Å². The highest BCUT2D eigenvalue weighted by Crippen LogP contribution is 2.25. The molecular weight excluding hydrogens is 406 g/mol. The Morgan fingerprint density at radius 2 is 2.13 bits per heavy atom. The van der Waals surface area contributed by atoms with E-state index < -0.39 is 0 Å². The first-order valence-electron chi connectivity index (χ1n) is 9.52. The highest BCUT2D eigenvalue weighted by Gasteiger charge is 2.23. The van der Waals surface area contributed by atoms with E-state index in [1.807, 2.05) is 19.9 Å². The summed E-state index contributed by atoms with van der Waals surface area (Å²) < 4.78 is 0. The Morgan fingerprint density at radius 1 is 1.33 bits per heavy atom. The summed E-state index contributed by atoms with van der Waals surface area (Å²) in [6, 6.07) is 5.08. The van der Waals surface area contributed by atoms with Crippen molar-refractivity contribution in [3.63, 3.8) is 0 Å². The number of H-pyrrole nitrogens is 1. The van der Waals surface area contributed by atoms with E-state index in [2.05, 4.69) is 25.6 Å². The van der Waals surface area contributed by atoms with Gasteiger partial charge in [0.05, 0.1) is 11.4 Å². The number of amidine groups is 1. The van der Waals surface area contributed by atoms with Crippen LogP contribution in [-0.2, 0) is 4.79 Å². The predicted octanol–water partition coefficient (Wildman–Crippen LogP) is 2.36. The van der Waals surface area contributed by atoms with Crippen molar-refractivity contribution in [2.45, 2.75) is 32.6 Å². The number of anilines is 1. The molecule has 0 saturated carbocycles. The lowest BCUT2D eigenvalue weighted by atomic mass is 9.89. The van der Waals surface area contributed by atoms with Gasteiger partial charge in [-0.05, 0) is 30.5 Å². The zero-order valence-corrected chi connectivity index (χ0v) is 17.7. The van der Waals surface area contributed by atoms with Crippen LogP contribution < -0.4 is 16.2 Å². The fourth-order valence-electron chi connectivity index (χ4n) is 3.11. The molecule has 3 rings (SSSR count). The van der Waals surface area contributed by atoms with Crippen molar-refractivity contribution < 1.29 is 10.3 Å². The molecule has 0 aromatic carbocycles. The first-order valence-corrected chi connectivity index (χ1v) is 9.89. The number of nitrogens with one attached hydrogen (secondary N) is 3. The van der Waals surface area contributed by atoms with Crippen LogP contribution in [0.1, 0.15) is 36.8 Å². The average Bonchev–Trinajstić information content (AvgIpc) is 2.69. The molecule has 9 heteroatoms. The molecule has 2 aromatic rings. The van der Waals surface area contributed by atoms with Gasteiger partial charge in [-0.2, -0.15) is 0 Å². The van der Waals surface area contributed by atoms with Crippen LogP contribution in [0.15, 0.2) is 52.2 Å². The third-order valence-corrected chi connectivity index (χ3v) is 5.00. The minimum Gasteiger partial charge on any atom is -0.412 e. The van der Waals surface area contributed by atoms with Gasteiger partial charge in [0.1, 0.15) is 11.7 Å². The summed E-state index contributed by atoms with van der Waals surface area (Å²) in [4.78, 5) is 35.1. The summed E-state index contributed by atoms with van der Waals surface area (Å²) in [6.45, 7) is 5.23. The number of hydrogen-bond acceptors (Lipinski definition) is 5. The summed E-state index contributed by atoms with van der Waals surface area (Å²) >= 11 is 5.91. The van der Waals surface area contributed by atoms with Crippen molar-refractivity contribution in [2.75, 3.05) is 18.4 Å². The van der Waals surface area contributed by atoms with Crippen LogP contribution in [-0.4, -0.2) is 40.2 Å². The van der Waals surface area contributed by atoms with Crippen molar-refractivity contribution in [1.29, 1.82) is 0 Å². The summed E-state index contributed by atoms with van der Waals surface area (Å²) in [7, 11) is 0. The number of rotatable bonds is 7. The van der Waals surface area contributed by atoms with Gasteiger partial charge in [-0.25, -0.2) is 4.98 Å². The van der Waals surface area contributed by atoms with Gasteiger partial charge in [-0.15, -0.1) is 0 Å². The smallest absolute Gasteiger partial charge is 0.247 e. The second kappa shape index (κ2) is 10.7.